The van der Waals surface area contributed by atoms with E-state index in [1.54, 1.807) is 18.4 Å². The highest BCUT2D eigenvalue weighted by atomic mass is 32.1. The van der Waals surface area contributed by atoms with Gasteiger partial charge in [0, 0.05) is 42.7 Å². The minimum Gasteiger partial charge on any atom is -0.497 e. The van der Waals surface area contributed by atoms with Gasteiger partial charge in [0.1, 0.15) is 15.6 Å². The highest BCUT2D eigenvalue weighted by Gasteiger charge is 2.26. The maximum absolute atomic E-state index is 13.1. The molecule has 0 aliphatic carbocycles. The minimum absolute atomic E-state index is 0.0608. The van der Waals surface area contributed by atoms with Crippen LogP contribution in [-0.2, 0) is 6.54 Å². The van der Waals surface area contributed by atoms with E-state index in [-0.39, 0.29) is 5.91 Å². The molecule has 0 atom stereocenters. The van der Waals surface area contributed by atoms with Gasteiger partial charge in [0.25, 0.3) is 5.91 Å². The molecule has 3 aromatic heterocycles. The Kier molecular flexibility index (Phi) is 6.21. The quantitative estimate of drug-likeness (QED) is 0.408. The number of rotatable bonds is 6. The molecule has 0 unspecified atom stereocenters. The number of benzene rings is 1. The van der Waals surface area contributed by atoms with Gasteiger partial charge in [-0.15, -0.1) is 11.3 Å². The van der Waals surface area contributed by atoms with E-state index in [2.05, 4.69) is 25.4 Å². The first kappa shape index (κ1) is 21.7. The van der Waals surface area contributed by atoms with Gasteiger partial charge >= 0.3 is 0 Å². The summed E-state index contributed by atoms with van der Waals surface area (Å²) in [6.45, 7) is 5.29. The topological polar surface area (TPSA) is 84.6 Å². The van der Waals surface area contributed by atoms with E-state index in [1.807, 2.05) is 47.5 Å². The molecule has 1 saturated heterocycles. The van der Waals surface area contributed by atoms with Crippen molar-refractivity contribution in [1.29, 1.82) is 0 Å². The molecule has 1 aliphatic rings. The van der Waals surface area contributed by atoms with E-state index in [0.29, 0.717) is 31.3 Å². The van der Waals surface area contributed by atoms with Crippen LogP contribution >= 0.6 is 22.7 Å². The molecular weight excluding hydrogens is 458 g/mol. The Morgan fingerprint density at radius 2 is 1.88 bits per heavy atom. The first-order chi connectivity index (χ1) is 16.1. The van der Waals surface area contributed by atoms with E-state index in [1.165, 1.54) is 11.3 Å². The summed E-state index contributed by atoms with van der Waals surface area (Å²) in [6, 6.07) is 9.59. The molecule has 0 bridgehead atoms. The third-order valence-electron chi connectivity index (χ3n) is 5.59. The van der Waals surface area contributed by atoms with Gasteiger partial charge in [0.05, 0.1) is 19.3 Å². The van der Waals surface area contributed by atoms with E-state index in [4.69, 9.17) is 9.26 Å². The van der Waals surface area contributed by atoms with Crippen molar-refractivity contribution in [2.24, 2.45) is 0 Å². The van der Waals surface area contributed by atoms with E-state index < -0.39 is 0 Å². The van der Waals surface area contributed by atoms with Crippen LogP contribution < -0.4 is 4.74 Å². The molecule has 10 heteroatoms. The lowest BCUT2D eigenvalue weighted by Gasteiger charge is -2.33. The molecule has 170 valence electrons. The van der Waals surface area contributed by atoms with Crippen molar-refractivity contribution in [3.05, 3.63) is 57.6 Å². The third-order valence-corrected chi connectivity index (χ3v) is 7.47. The third kappa shape index (κ3) is 4.68. The molecule has 4 aromatic rings. The monoisotopic (exact) mass is 481 g/mol. The van der Waals surface area contributed by atoms with Gasteiger partial charge in [-0.2, -0.15) is 16.3 Å². The van der Waals surface area contributed by atoms with Gasteiger partial charge in [-0.25, -0.2) is 4.98 Å². The van der Waals surface area contributed by atoms with Crippen LogP contribution in [0, 0.1) is 6.92 Å². The SMILES string of the molecule is COc1ccc(-c2noc(CN3CCN(C(=O)c4sc(-c5ccsc5)nc4C)CC3)n2)cc1. The van der Waals surface area contributed by atoms with Crippen molar-refractivity contribution >= 4 is 28.6 Å². The number of carbonyl (C=O) groups is 1. The van der Waals surface area contributed by atoms with Crippen molar-refractivity contribution < 1.29 is 14.1 Å². The molecule has 33 heavy (non-hydrogen) atoms. The Morgan fingerprint density at radius 1 is 1.09 bits per heavy atom. The lowest BCUT2D eigenvalue weighted by Crippen LogP contribution is -2.48. The summed E-state index contributed by atoms with van der Waals surface area (Å²) in [5, 5.41) is 9.09. The fourth-order valence-electron chi connectivity index (χ4n) is 3.72. The van der Waals surface area contributed by atoms with Crippen molar-refractivity contribution in [1.82, 2.24) is 24.9 Å². The lowest BCUT2D eigenvalue weighted by molar-refractivity contribution is 0.0619. The molecule has 1 aromatic carbocycles. The predicted octanol–water partition coefficient (Wildman–Crippen LogP) is 4.20. The molecule has 1 aliphatic heterocycles. The molecule has 8 nitrogen and oxygen atoms in total. The molecular formula is C23H23N5O3S2. The Hall–Kier alpha value is -3.08. The Balaban J connectivity index is 1.18. The van der Waals surface area contributed by atoms with E-state index in [0.717, 1.165) is 45.5 Å². The smallest absolute Gasteiger partial charge is 0.265 e. The number of thiazole rings is 1. The number of methoxy groups -OCH3 is 1. The van der Waals surface area contributed by atoms with Crippen LogP contribution in [0.5, 0.6) is 5.75 Å². The summed E-state index contributed by atoms with van der Waals surface area (Å²) >= 11 is 3.11. The summed E-state index contributed by atoms with van der Waals surface area (Å²) in [5.41, 5.74) is 2.75. The zero-order valence-corrected chi connectivity index (χ0v) is 20.0. The largest absolute Gasteiger partial charge is 0.497 e. The molecule has 0 N–H and O–H groups in total. The number of aromatic nitrogens is 3. The summed E-state index contributed by atoms with van der Waals surface area (Å²) in [4.78, 5) is 27.1. The summed E-state index contributed by atoms with van der Waals surface area (Å²) in [7, 11) is 1.63. The maximum Gasteiger partial charge on any atom is 0.265 e. The Bertz CT molecular complexity index is 1230. The maximum atomic E-state index is 13.1. The number of thiophene rings is 1. The van der Waals surface area contributed by atoms with Crippen LogP contribution in [0.2, 0.25) is 0 Å². The van der Waals surface area contributed by atoms with E-state index in [9.17, 15) is 4.79 Å². The summed E-state index contributed by atoms with van der Waals surface area (Å²) in [5.74, 6) is 1.97. The second-order valence-corrected chi connectivity index (χ2v) is 9.53. The molecule has 5 rings (SSSR count). The molecule has 1 amide bonds. The number of carbonyl (C=O) groups excluding carboxylic acids is 1. The average molecular weight is 482 g/mol. The predicted molar refractivity (Wildman–Crippen MR) is 128 cm³/mol. The number of amides is 1. The summed E-state index contributed by atoms with van der Waals surface area (Å²) in [6.07, 6.45) is 0. The van der Waals surface area contributed by atoms with Crippen molar-refractivity contribution in [2.75, 3.05) is 33.3 Å². The Labute approximate surface area is 199 Å². The zero-order chi connectivity index (χ0) is 22.8. The second kappa shape index (κ2) is 9.42. The van der Waals surface area contributed by atoms with Crippen molar-refractivity contribution in [3.8, 4) is 27.7 Å². The molecule has 0 saturated carbocycles. The first-order valence-electron chi connectivity index (χ1n) is 10.6. The number of aryl methyl sites for hydroxylation is 1. The molecule has 0 radical (unpaired) electrons. The van der Waals surface area contributed by atoms with Crippen molar-refractivity contribution in [3.63, 3.8) is 0 Å². The minimum atomic E-state index is 0.0608. The van der Waals surface area contributed by atoms with Crippen LogP contribution in [0.3, 0.4) is 0 Å². The highest BCUT2D eigenvalue weighted by molar-refractivity contribution is 7.17. The van der Waals surface area contributed by atoms with Crippen LogP contribution in [-0.4, -0.2) is 64.1 Å². The number of nitrogens with zero attached hydrogens (tertiary/aromatic N) is 5. The van der Waals surface area contributed by atoms with Gasteiger partial charge in [-0.1, -0.05) is 5.16 Å². The Morgan fingerprint density at radius 3 is 2.58 bits per heavy atom. The molecule has 1 fully saturated rings. The number of hydrogen-bond donors (Lipinski definition) is 0. The van der Waals surface area contributed by atoms with Gasteiger partial charge in [-0.3, -0.25) is 9.69 Å². The average Bonchev–Trinajstić information content (AvgIpc) is 3.60. The standard InChI is InChI=1S/C23H23N5O3S2/c1-15-20(33-22(24-15)17-7-12-32-14-17)23(29)28-10-8-27(9-11-28)13-19-25-21(26-31-19)16-3-5-18(30-2)6-4-16/h3-7,12,14H,8-11,13H2,1-2H3. The number of ether oxygens (including phenoxy) is 1. The van der Waals surface area contributed by atoms with Crippen LogP contribution in [0.15, 0.2) is 45.6 Å². The zero-order valence-electron chi connectivity index (χ0n) is 18.4. The van der Waals surface area contributed by atoms with Gasteiger partial charge in [-0.05, 0) is 42.6 Å². The highest BCUT2D eigenvalue weighted by Crippen LogP contribution is 2.30. The van der Waals surface area contributed by atoms with Gasteiger partial charge < -0.3 is 14.2 Å². The van der Waals surface area contributed by atoms with Crippen LogP contribution in [0.25, 0.3) is 22.0 Å². The molecule has 0 spiro atoms. The van der Waals surface area contributed by atoms with Crippen molar-refractivity contribution in [2.45, 2.75) is 13.5 Å². The van der Waals surface area contributed by atoms with Crippen LogP contribution in [0.1, 0.15) is 21.3 Å². The fraction of sp³-hybridized carbons (Fsp3) is 0.304. The number of hydrogen-bond acceptors (Lipinski definition) is 9. The normalized spacial score (nSPS) is 14.5. The summed E-state index contributed by atoms with van der Waals surface area (Å²) < 4.78 is 10.6. The fourth-order valence-corrected chi connectivity index (χ4v) is 5.47. The molecule has 4 heterocycles. The van der Waals surface area contributed by atoms with Gasteiger partial charge in [0.15, 0.2) is 0 Å². The second-order valence-electron chi connectivity index (χ2n) is 7.75. The first-order valence-corrected chi connectivity index (χ1v) is 12.4. The lowest BCUT2D eigenvalue weighted by atomic mass is 10.2. The van der Waals surface area contributed by atoms with Crippen LogP contribution in [0.4, 0.5) is 0 Å². The number of piperazine rings is 1. The van der Waals surface area contributed by atoms with Gasteiger partial charge in [0.2, 0.25) is 11.7 Å². The van der Waals surface area contributed by atoms with E-state index >= 15 is 0 Å².